The number of nitrogens with zero attached hydrogens (tertiary/aromatic N) is 1. The van der Waals surface area contributed by atoms with E-state index >= 15 is 0 Å². The Bertz CT molecular complexity index is 744. The Balaban J connectivity index is 1.72. The third-order valence-electron chi connectivity index (χ3n) is 4.45. The van der Waals surface area contributed by atoms with E-state index in [1.54, 1.807) is 0 Å². The minimum atomic E-state index is -0.0206. The summed E-state index contributed by atoms with van der Waals surface area (Å²) in [6.45, 7) is 5.78. The van der Waals surface area contributed by atoms with Crippen molar-refractivity contribution in [2.45, 2.75) is 26.4 Å². The van der Waals surface area contributed by atoms with Crippen molar-refractivity contribution >= 4 is 17.5 Å². The average molecular weight is 344 g/mol. The van der Waals surface area contributed by atoms with Crippen LogP contribution in [-0.2, 0) is 11.2 Å². The summed E-state index contributed by atoms with van der Waals surface area (Å²) < 4.78 is 5.85. The highest BCUT2D eigenvalue weighted by Crippen LogP contribution is 2.21. The van der Waals surface area contributed by atoms with Crippen LogP contribution in [0.3, 0.4) is 0 Å². The van der Waals surface area contributed by atoms with Gasteiger partial charge in [-0.2, -0.15) is 0 Å². The number of aryl methyl sites for hydroxylation is 2. The van der Waals surface area contributed by atoms with Crippen LogP contribution in [-0.4, -0.2) is 36.6 Å². The molecule has 4 heteroatoms. The number of carbonyl (C=O) groups excluding carboxylic acids is 1. The van der Waals surface area contributed by atoms with E-state index < -0.39 is 0 Å². The van der Waals surface area contributed by atoms with E-state index in [2.05, 4.69) is 0 Å². The number of carbonyl (C=O) groups is 1. The highest BCUT2D eigenvalue weighted by molar-refractivity contribution is 6.31. The Labute approximate surface area is 148 Å². The second-order valence-corrected chi connectivity index (χ2v) is 6.77. The number of hydrogen-bond acceptors (Lipinski definition) is 2. The molecule has 0 N–H and O–H groups in total. The minimum Gasteiger partial charge on any atom is -0.374 e. The van der Waals surface area contributed by atoms with Crippen molar-refractivity contribution in [3.8, 4) is 0 Å². The van der Waals surface area contributed by atoms with Crippen LogP contribution in [0.5, 0.6) is 0 Å². The molecule has 1 aliphatic heterocycles. The molecule has 1 fully saturated rings. The van der Waals surface area contributed by atoms with E-state index in [-0.39, 0.29) is 12.0 Å². The summed E-state index contributed by atoms with van der Waals surface area (Å²) in [5.74, 6) is 0.0867. The molecule has 0 spiro atoms. The van der Waals surface area contributed by atoms with E-state index in [0.717, 1.165) is 33.7 Å². The standard InChI is InChI=1S/C20H22ClNO2/c1-14-7-8-15(2)18(11-14)20(23)22-9-10-24-17(13-22)12-16-5-3-4-6-19(16)21/h3-8,11,17H,9-10,12-13H2,1-2H3. The fraction of sp³-hybridized carbons (Fsp3) is 0.350. The van der Waals surface area contributed by atoms with Crippen molar-refractivity contribution in [3.05, 3.63) is 69.7 Å². The van der Waals surface area contributed by atoms with Crippen LogP contribution in [0.4, 0.5) is 0 Å². The Hall–Kier alpha value is -1.84. The molecule has 0 radical (unpaired) electrons. The van der Waals surface area contributed by atoms with Crippen molar-refractivity contribution in [2.24, 2.45) is 0 Å². The zero-order valence-corrected chi connectivity index (χ0v) is 14.8. The van der Waals surface area contributed by atoms with Gasteiger partial charge in [-0.05, 0) is 37.1 Å². The van der Waals surface area contributed by atoms with Crippen molar-refractivity contribution in [1.82, 2.24) is 4.90 Å². The third-order valence-corrected chi connectivity index (χ3v) is 4.82. The molecule has 24 heavy (non-hydrogen) atoms. The summed E-state index contributed by atoms with van der Waals surface area (Å²) >= 11 is 6.24. The lowest BCUT2D eigenvalue weighted by molar-refractivity contribution is -0.0208. The highest BCUT2D eigenvalue weighted by atomic mass is 35.5. The average Bonchev–Trinajstić information content (AvgIpc) is 2.59. The predicted octanol–water partition coefficient (Wildman–Crippen LogP) is 4.04. The molecule has 1 atom stereocenters. The van der Waals surface area contributed by atoms with Crippen LogP contribution in [0.2, 0.25) is 5.02 Å². The van der Waals surface area contributed by atoms with Crippen LogP contribution in [0, 0.1) is 13.8 Å². The summed E-state index contributed by atoms with van der Waals surface area (Å²) in [7, 11) is 0. The number of rotatable bonds is 3. The zero-order valence-electron chi connectivity index (χ0n) is 14.1. The number of halogens is 1. The summed E-state index contributed by atoms with van der Waals surface area (Å²) in [6, 6.07) is 13.8. The largest absolute Gasteiger partial charge is 0.374 e. The molecule has 3 rings (SSSR count). The first-order chi connectivity index (χ1) is 11.5. The molecule has 126 valence electrons. The van der Waals surface area contributed by atoms with E-state index in [0.29, 0.717) is 19.7 Å². The van der Waals surface area contributed by atoms with Gasteiger partial charge in [0.25, 0.3) is 5.91 Å². The molecule has 0 aromatic heterocycles. The summed E-state index contributed by atoms with van der Waals surface area (Å²) in [5.41, 5.74) is 3.96. The van der Waals surface area contributed by atoms with Gasteiger partial charge in [-0.3, -0.25) is 4.79 Å². The van der Waals surface area contributed by atoms with Gasteiger partial charge in [-0.1, -0.05) is 47.5 Å². The monoisotopic (exact) mass is 343 g/mol. The molecular weight excluding hydrogens is 322 g/mol. The topological polar surface area (TPSA) is 29.5 Å². The first kappa shape index (κ1) is 17.0. The van der Waals surface area contributed by atoms with Crippen LogP contribution < -0.4 is 0 Å². The number of amides is 1. The van der Waals surface area contributed by atoms with Crippen molar-refractivity contribution in [1.29, 1.82) is 0 Å². The molecule has 2 aromatic carbocycles. The second kappa shape index (κ2) is 7.37. The Morgan fingerprint density at radius 3 is 2.83 bits per heavy atom. The van der Waals surface area contributed by atoms with Gasteiger partial charge in [0.1, 0.15) is 0 Å². The fourth-order valence-corrected chi connectivity index (χ4v) is 3.29. The van der Waals surface area contributed by atoms with Crippen LogP contribution in [0.1, 0.15) is 27.0 Å². The van der Waals surface area contributed by atoms with Crippen LogP contribution in [0.15, 0.2) is 42.5 Å². The molecule has 1 saturated heterocycles. The lowest BCUT2D eigenvalue weighted by Crippen LogP contribution is -2.46. The van der Waals surface area contributed by atoms with Crippen molar-refractivity contribution in [3.63, 3.8) is 0 Å². The fourth-order valence-electron chi connectivity index (χ4n) is 3.07. The second-order valence-electron chi connectivity index (χ2n) is 6.36. The van der Waals surface area contributed by atoms with Gasteiger partial charge in [-0.15, -0.1) is 0 Å². The molecule has 0 bridgehead atoms. The smallest absolute Gasteiger partial charge is 0.254 e. The van der Waals surface area contributed by atoms with Gasteiger partial charge < -0.3 is 9.64 Å². The predicted molar refractivity (Wildman–Crippen MR) is 96.7 cm³/mol. The molecule has 0 saturated carbocycles. The van der Waals surface area contributed by atoms with Gasteiger partial charge in [0, 0.05) is 30.1 Å². The van der Waals surface area contributed by atoms with Gasteiger partial charge in [0.15, 0.2) is 0 Å². The molecule has 3 nitrogen and oxygen atoms in total. The summed E-state index contributed by atoms with van der Waals surface area (Å²) in [4.78, 5) is 14.8. The molecule has 0 aliphatic carbocycles. The molecule has 1 heterocycles. The van der Waals surface area contributed by atoms with Crippen LogP contribution >= 0.6 is 11.6 Å². The van der Waals surface area contributed by atoms with E-state index in [4.69, 9.17) is 16.3 Å². The lowest BCUT2D eigenvalue weighted by atomic mass is 10.0. The maximum atomic E-state index is 12.9. The normalized spacial score (nSPS) is 17.8. The van der Waals surface area contributed by atoms with Gasteiger partial charge in [-0.25, -0.2) is 0 Å². The molecule has 1 amide bonds. The lowest BCUT2D eigenvalue weighted by Gasteiger charge is -2.33. The number of hydrogen-bond donors (Lipinski definition) is 0. The molecule has 2 aromatic rings. The van der Waals surface area contributed by atoms with Crippen LogP contribution in [0.25, 0.3) is 0 Å². The summed E-state index contributed by atoms with van der Waals surface area (Å²) in [5, 5.41) is 0.749. The molecular formula is C20H22ClNO2. The van der Waals surface area contributed by atoms with E-state index in [1.807, 2.05) is 61.2 Å². The number of benzene rings is 2. The maximum Gasteiger partial charge on any atom is 0.254 e. The van der Waals surface area contributed by atoms with Crippen molar-refractivity contribution in [2.75, 3.05) is 19.7 Å². The minimum absolute atomic E-state index is 0.0206. The van der Waals surface area contributed by atoms with E-state index in [9.17, 15) is 4.79 Å². The summed E-state index contributed by atoms with van der Waals surface area (Å²) in [6.07, 6.45) is 0.698. The molecule has 1 unspecified atom stereocenters. The first-order valence-electron chi connectivity index (χ1n) is 8.26. The van der Waals surface area contributed by atoms with Crippen molar-refractivity contribution < 1.29 is 9.53 Å². The Morgan fingerprint density at radius 2 is 2.04 bits per heavy atom. The van der Waals surface area contributed by atoms with E-state index in [1.165, 1.54) is 0 Å². The Kier molecular flexibility index (Phi) is 5.22. The number of ether oxygens (including phenoxy) is 1. The molecule has 1 aliphatic rings. The van der Waals surface area contributed by atoms with Gasteiger partial charge >= 0.3 is 0 Å². The SMILES string of the molecule is Cc1ccc(C)c(C(=O)N2CCOC(Cc3ccccc3Cl)C2)c1. The first-order valence-corrected chi connectivity index (χ1v) is 8.64. The van der Waals surface area contributed by atoms with Gasteiger partial charge in [0.2, 0.25) is 0 Å². The maximum absolute atomic E-state index is 12.9. The zero-order chi connectivity index (χ0) is 17.1. The Morgan fingerprint density at radius 1 is 1.25 bits per heavy atom. The number of morpholine rings is 1. The highest BCUT2D eigenvalue weighted by Gasteiger charge is 2.26. The third kappa shape index (κ3) is 3.80. The quantitative estimate of drug-likeness (QED) is 0.841. The van der Waals surface area contributed by atoms with Gasteiger partial charge in [0.05, 0.1) is 12.7 Å².